The Morgan fingerprint density at radius 3 is 2.80 bits per heavy atom. The van der Waals surface area contributed by atoms with Gasteiger partial charge in [0.05, 0.1) is 15.6 Å². The number of halogens is 2. The van der Waals surface area contributed by atoms with Crippen LogP contribution in [0.4, 0.5) is 0 Å². The molecule has 1 aliphatic rings. The molecule has 1 fully saturated rings. The lowest BCUT2D eigenvalue weighted by Crippen LogP contribution is -2.31. The van der Waals surface area contributed by atoms with Gasteiger partial charge in [-0.2, -0.15) is 0 Å². The van der Waals surface area contributed by atoms with Crippen LogP contribution in [0.15, 0.2) is 18.2 Å². The van der Waals surface area contributed by atoms with Crippen molar-refractivity contribution in [3.05, 3.63) is 33.8 Å². The average Bonchev–Trinajstić information content (AvgIpc) is 2.74. The fraction of sp³-hybridized carbons (Fsp3) is 0.600. The summed E-state index contributed by atoms with van der Waals surface area (Å²) >= 11 is 12.4. The predicted molar refractivity (Wildman–Crippen MR) is 84.6 cm³/mol. The molecule has 5 heteroatoms. The van der Waals surface area contributed by atoms with Gasteiger partial charge in [0.2, 0.25) is 0 Å². The Bertz CT molecular complexity index is 465. The zero-order valence-corrected chi connectivity index (χ0v) is 13.5. The van der Waals surface area contributed by atoms with Crippen LogP contribution in [-0.2, 0) is 0 Å². The standard InChI is InChI=1S/C15H22Cl2N2O/c1-15(20)7-9-19(10-15)8-6-13(18-2)11-4-3-5-12(16)14(11)17/h3-5,13,18,20H,6-10H2,1-2H3. The molecule has 3 nitrogen and oxygen atoms in total. The fourth-order valence-corrected chi connectivity index (χ4v) is 3.23. The predicted octanol–water partition coefficient (Wildman–Crippen LogP) is 3.10. The molecule has 1 aromatic carbocycles. The van der Waals surface area contributed by atoms with Crippen LogP contribution in [0.2, 0.25) is 10.0 Å². The van der Waals surface area contributed by atoms with Gasteiger partial charge in [0.1, 0.15) is 0 Å². The quantitative estimate of drug-likeness (QED) is 0.876. The first-order valence-electron chi connectivity index (χ1n) is 6.99. The first kappa shape index (κ1) is 16.1. The zero-order valence-electron chi connectivity index (χ0n) is 12.0. The summed E-state index contributed by atoms with van der Waals surface area (Å²) in [6, 6.07) is 5.91. The van der Waals surface area contributed by atoms with E-state index in [2.05, 4.69) is 10.2 Å². The van der Waals surface area contributed by atoms with Crippen molar-refractivity contribution in [1.29, 1.82) is 0 Å². The van der Waals surface area contributed by atoms with Crippen molar-refractivity contribution >= 4 is 23.2 Å². The number of nitrogens with one attached hydrogen (secondary N) is 1. The smallest absolute Gasteiger partial charge is 0.0758 e. The first-order valence-corrected chi connectivity index (χ1v) is 7.74. The number of hydrogen-bond acceptors (Lipinski definition) is 3. The Morgan fingerprint density at radius 1 is 1.45 bits per heavy atom. The Morgan fingerprint density at radius 2 is 2.20 bits per heavy atom. The molecule has 1 aliphatic heterocycles. The molecule has 0 bridgehead atoms. The Labute approximate surface area is 130 Å². The normalized spacial score (nSPS) is 25.1. The van der Waals surface area contributed by atoms with Crippen molar-refractivity contribution < 1.29 is 5.11 Å². The lowest BCUT2D eigenvalue weighted by atomic mass is 10.0. The number of rotatable bonds is 5. The minimum absolute atomic E-state index is 0.173. The van der Waals surface area contributed by atoms with Crippen LogP contribution in [0.25, 0.3) is 0 Å². The molecule has 2 unspecified atom stereocenters. The zero-order chi connectivity index (χ0) is 14.8. The molecule has 0 saturated carbocycles. The van der Waals surface area contributed by atoms with Gasteiger partial charge in [-0.15, -0.1) is 0 Å². The third kappa shape index (κ3) is 3.86. The molecule has 0 aromatic heterocycles. The summed E-state index contributed by atoms with van der Waals surface area (Å²) in [5.41, 5.74) is 0.496. The highest BCUT2D eigenvalue weighted by atomic mass is 35.5. The van der Waals surface area contributed by atoms with Gasteiger partial charge in [-0.25, -0.2) is 0 Å². The van der Waals surface area contributed by atoms with E-state index in [0.717, 1.165) is 38.0 Å². The summed E-state index contributed by atoms with van der Waals surface area (Å²) < 4.78 is 0. The van der Waals surface area contributed by atoms with E-state index in [1.807, 2.05) is 26.1 Å². The van der Waals surface area contributed by atoms with E-state index >= 15 is 0 Å². The maximum absolute atomic E-state index is 9.99. The van der Waals surface area contributed by atoms with Gasteiger partial charge in [0.15, 0.2) is 0 Å². The van der Waals surface area contributed by atoms with Crippen LogP contribution in [0.1, 0.15) is 31.4 Å². The second kappa shape index (κ2) is 6.63. The molecular formula is C15H22Cl2N2O. The minimum Gasteiger partial charge on any atom is -0.389 e. The van der Waals surface area contributed by atoms with Gasteiger partial charge < -0.3 is 15.3 Å². The van der Waals surface area contributed by atoms with Gasteiger partial charge in [-0.05, 0) is 38.4 Å². The molecule has 2 N–H and O–H groups in total. The summed E-state index contributed by atoms with van der Waals surface area (Å²) in [5.74, 6) is 0. The van der Waals surface area contributed by atoms with E-state index in [0.29, 0.717) is 10.0 Å². The van der Waals surface area contributed by atoms with E-state index in [1.165, 1.54) is 0 Å². The molecule has 0 spiro atoms. The number of benzene rings is 1. The molecular weight excluding hydrogens is 295 g/mol. The van der Waals surface area contributed by atoms with E-state index < -0.39 is 5.60 Å². The Kier molecular flexibility index (Phi) is 5.32. The molecule has 1 heterocycles. The number of hydrogen-bond donors (Lipinski definition) is 2. The van der Waals surface area contributed by atoms with E-state index in [9.17, 15) is 5.11 Å². The van der Waals surface area contributed by atoms with Crippen LogP contribution >= 0.6 is 23.2 Å². The number of β-amino-alcohol motifs (C(OH)–C–C–N with tert-alkyl or cyclic N) is 1. The third-order valence-electron chi connectivity index (χ3n) is 3.97. The van der Waals surface area contributed by atoms with Crippen molar-refractivity contribution in [1.82, 2.24) is 10.2 Å². The molecule has 1 aromatic rings. The fourth-order valence-electron chi connectivity index (χ4n) is 2.79. The van der Waals surface area contributed by atoms with Crippen LogP contribution in [-0.4, -0.2) is 42.3 Å². The third-order valence-corrected chi connectivity index (χ3v) is 4.80. The second-order valence-electron chi connectivity index (χ2n) is 5.80. The van der Waals surface area contributed by atoms with Crippen molar-refractivity contribution in [3.63, 3.8) is 0 Å². The molecule has 112 valence electrons. The largest absolute Gasteiger partial charge is 0.389 e. The number of aliphatic hydroxyl groups is 1. The Balaban J connectivity index is 1.98. The van der Waals surface area contributed by atoms with E-state index in [-0.39, 0.29) is 6.04 Å². The topological polar surface area (TPSA) is 35.5 Å². The van der Waals surface area contributed by atoms with Crippen molar-refractivity contribution in [2.45, 2.75) is 31.4 Å². The van der Waals surface area contributed by atoms with Crippen molar-refractivity contribution in [2.75, 3.05) is 26.7 Å². The first-order chi connectivity index (χ1) is 9.43. The highest BCUT2D eigenvalue weighted by molar-refractivity contribution is 6.42. The van der Waals surface area contributed by atoms with Gasteiger partial charge in [-0.1, -0.05) is 35.3 Å². The summed E-state index contributed by atoms with van der Waals surface area (Å²) in [5, 5.41) is 14.5. The van der Waals surface area contributed by atoms with Crippen LogP contribution in [0, 0.1) is 0 Å². The Hall–Kier alpha value is -0.320. The maximum Gasteiger partial charge on any atom is 0.0758 e. The molecule has 1 saturated heterocycles. The van der Waals surface area contributed by atoms with Crippen LogP contribution < -0.4 is 5.32 Å². The van der Waals surface area contributed by atoms with Gasteiger partial charge in [-0.3, -0.25) is 0 Å². The van der Waals surface area contributed by atoms with E-state index in [4.69, 9.17) is 23.2 Å². The highest BCUT2D eigenvalue weighted by Gasteiger charge is 2.31. The molecule has 2 rings (SSSR count). The molecule has 0 aliphatic carbocycles. The van der Waals surface area contributed by atoms with E-state index in [1.54, 1.807) is 6.07 Å². The maximum atomic E-state index is 9.99. The van der Waals surface area contributed by atoms with Gasteiger partial charge >= 0.3 is 0 Å². The highest BCUT2D eigenvalue weighted by Crippen LogP contribution is 2.31. The number of likely N-dealkylation sites (tertiary alicyclic amines) is 1. The lowest BCUT2D eigenvalue weighted by Gasteiger charge is -2.23. The van der Waals surface area contributed by atoms with Crippen LogP contribution in [0.3, 0.4) is 0 Å². The molecule has 20 heavy (non-hydrogen) atoms. The summed E-state index contributed by atoms with van der Waals surface area (Å²) in [6.45, 7) is 4.53. The van der Waals surface area contributed by atoms with Crippen LogP contribution in [0.5, 0.6) is 0 Å². The van der Waals surface area contributed by atoms with Crippen molar-refractivity contribution in [3.8, 4) is 0 Å². The summed E-state index contributed by atoms with van der Waals surface area (Å²) in [6.07, 6.45) is 1.78. The van der Waals surface area contributed by atoms with Gasteiger partial charge in [0.25, 0.3) is 0 Å². The van der Waals surface area contributed by atoms with Crippen molar-refractivity contribution in [2.24, 2.45) is 0 Å². The average molecular weight is 317 g/mol. The summed E-state index contributed by atoms with van der Waals surface area (Å²) in [4.78, 5) is 2.29. The summed E-state index contributed by atoms with van der Waals surface area (Å²) in [7, 11) is 1.93. The van der Waals surface area contributed by atoms with Gasteiger partial charge in [0, 0.05) is 25.7 Å². The SMILES string of the molecule is CNC(CCN1CCC(C)(O)C1)c1cccc(Cl)c1Cl. The minimum atomic E-state index is -0.539. The monoisotopic (exact) mass is 316 g/mol. The second-order valence-corrected chi connectivity index (χ2v) is 6.58. The molecule has 2 atom stereocenters. The molecule has 0 amide bonds. The number of nitrogens with zero attached hydrogens (tertiary/aromatic N) is 1. The lowest BCUT2D eigenvalue weighted by molar-refractivity contribution is 0.0683. The molecule has 0 radical (unpaired) electrons.